The molecule has 0 heterocycles. The zero-order chi connectivity index (χ0) is 13.7. The molecule has 0 aromatic heterocycles. The van der Waals surface area contributed by atoms with Crippen molar-refractivity contribution in [2.45, 2.75) is 6.92 Å². The zero-order valence-electron chi connectivity index (χ0n) is 10.1. The summed E-state index contributed by atoms with van der Waals surface area (Å²) in [5.74, 6) is -1.38. The highest BCUT2D eigenvalue weighted by Gasteiger charge is 2.32. The summed E-state index contributed by atoms with van der Waals surface area (Å²) >= 11 is 0. The monoisotopic (exact) mass is 254 g/mol. The fraction of sp³-hybridized carbons (Fsp3) is 0.0667. The molecule has 19 heavy (non-hydrogen) atoms. The van der Waals surface area contributed by atoms with E-state index in [0.29, 0.717) is 5.56 Å². The van der Waals surface area contributed by atoms with E-state index in [1.165, 1.54) is 6.07 Å². The van der Waals surface area contributed by atoms with Crippen molar-refractivity contribution >= 4 is 11.6 Å². The number of aromatic hydroxyl groups is 2. The third-order valence-electron chi connectivity index (χ3n) is 3.24. The Labute approximate surface area is 108 Å². The second-order valence-corrected chi connectivity index (χ2v) is 4.59. The summed E-state index contributed by atoms with van der Waals surface area (Å²) in [7, 11) is 0. The number of hydrogen-bond donors (Lipinski definition) is 2. The molecular weight excluding hydrogens is 244 g/mol. The third-order valence-corrected chi connectivity index (χ3v) is 3.24. The van der Waals surface area contributed by atoms with Crippen molar-refractivity contribution in [3.63, 3.8) is 0 Å². The predicted octanol–water partition coefficient (Wildman–Crippen LogP) is 2.18. The van der Waals surface area contributed by atoms with Crippen LogP contribution in [-0.4, -0.2) is 21.8 Å². The molecule has 0 aliphatic heterocycles. The number of aryl methyl sites for hydroxylation is 1. The Morgan fingerprint density at radius 2 is 1.58 bits per heavy atom. The van der Waals surface area contributed by atoms with Gasteiger partial charge in [-0.2, -0.15) is 0 Å². The van der Waals surface area contributed by atoms with Gasteiger partial charge in [-0.3, -0.25) is 9.59 Å². The number of phenolic OH excluding ortho intramolecular Hbond substituents is 2. The molecule has 0 unspecified atom stereocenters. The van der Waals surface area contributed by atoms with Crippen LogP contribution < -0.4 is 0 Å². The minimum Gasteiger partial charge on any atom is -0.508 e. The number of ketones is 2. The summed E-state index contributed by atoms with van der Waals surface area (Å²) in [6.07, 6.45) is 0. The average Bonchev–Trinajstić information content (AvgIpc) is 2.35. The molecule has 2 aromatic rings. The number of carbonyl (C=O) groups is 2. The maximum absolute atomic E-state index is 12.3. The second-order valence-electron chi connectivity index (χ2n) is 4.59. The minimum absolute atomic E-state index is 0.0422. The van der Waals surface area contributed by atoms with Gasteiger partial charge in [-0.15, -0.1) is 0 Å². The number of hydrogen-bond acceptors (Lipinski definition) is 4. The zero-order valence-corrected chi connectivity index (χ0v) is 10.1. The largest absolute Gasteiger partial charge is 0.508 e. The third kappa shape index (κ3) is 1.53. The van der Waals surface area contributed by atoms with Crippen LogP contribution in [0.25, 0.3) is 0 Å². The van der Waals surface area contributed by atoms with E-state index in [4.69, 9.17) is 0 Å². The fourth-order valence-corrected chi connectivity index (χ4v) is 2.35. The quantitative estimate of drug-likeness (QED) is 0.644. The Bertz CT molecular complexity index is 744. The molecule has 1 aliphatic carbocycles. The van der Waals surface area contributed by atoms with Crippen molar-refractivity contribution in [3.05, 3.63) is 58.1 Å². The van der Waals surface area contributed by atoms with E-state index in [0.717, 1.165) is 11.6 Å². The molecule has 0 saturated carbocycles. The van der Waals surface area contributed by atoms with Crippen LogP contribution in [-0.2, 0) is 0 Å². The lowest BCUT2D eigenvalue weighted by Crippen LogP contribution is -2.21. The first kappa shape index (κ1) is 11.5. The number of phenols is 2. The second kappa shape index (κ2) is 3.68. The Morgan fingerprint density at radius 3 is 2.32 bits per heavy atom. The molecule has 2 N–H and O–H groups in total. The van der Waals surface area contributed by atoms with Gasteiger partial charge in [-0.25, -0.2) is 0 Å². The molecule has 1 aliphatic rings. The van der Waals surface area contributed by atoms with Crippen LogP contribution in [0, 0.1) is 6.92 Å². The lowest BCUT2D eigenvalue weighted by molar-refractivity contribution is 0.0976. The SMILES string of the molecule is Cc1ccc2c(c1)C(=O)c1cc(O)cc(O)c1C2=O. The first-order valence-corrected chi connectivity index (χ1v) is 5.75. The molecule has 0 radical (unpaired) electrons. The summed E-state index contributed by atoms with van der Waals surface area (Å²) in [4.78, 5) is 24.6. The molecular formula is C15H10O4. The van der Waals surface area contributed by atoms with Crippen LogP contribution in [0.3, 0.4) is 0 Å². The van der Waals surface area contributed by atoms with E-state index in [2.05, 4.69) is 0 Å². The fourth-order valence-electron chi connectivity index (χ4n) is 2.35. The lowest BCUT2D eigenvalue weighted by atomic mass is 9.83. The molecule has 4 heteroatoms. The summed E-state index contributed by atoms with van der Waals surface area (Å²) in [5.41, 5.74) is 1.46. The smallest absolute Gasteiger partial charge is 0.198 e. The van der Waals surface area contributed by atoms with Crippen molar-refractivity contribution in [1.29, 1.82) is 0 Å². The summed E-state index contributed by atoms with van der Waals surface area (Å²) in [6.45, 7) is 1.83. The molecule has 0 bridgehead atoms. The van der Waals surface area contributed by atoms with Gasteiger partial charge in [0.15, 0.2) is 11.6 Å². The molecule has 4 nitrogen and oxygen atoms in total. The standard InChI is InChI=1S/C15H10O4/c1-7-2-3-9-10(4-7)14(18)11-5-8(16)6-12(17)13(11)15(9)19/h2-6,16-17H,1H3. The maximum Gasteiger partial charge on any atom is 0.198 e. The molecule has 94 valence electrons. The molecule has 0 fully saturated rings. The normalized spacial score (nSPS) is 13.1. The van der Waals surface area contributed by atoms with Gasteiger partial charge in [0.05, 0.1) is 5.56 Å². The molecule has 0 amide bonds. The van der Waals surface area contributed by atoms with E-state index in [1.807, 2.05) is 6.92 Å². The van der Waals surface area contributed by atoms with Gasteiger partial charge in [-0.05, 0) is 19.1 Å². The highest BCUT2D eigenvalue weighted by molar-refractivity contribution is 6.29. The van der Waals surface area contributed by atoms with Crippen LogP contribution >= 0.6 is 0 Å². The molecule has 3 rings (SSSR count). The van der Waals surface area contributed by atoms with Gasteiger partial charge in [0.1, 0.15) is 11.5 Å². The van der Waals surface area contributed by atoms with Crippen molar-refractivity contribution in [3.8, 4) is 11.5 Å². The van der Waals surface area contributed by atoms with E-state index in [1.54, 1.807) is 18.2 Å². The van der Waals surface area contributed by atoms with Crippen LogP contribution in [0.15, 0.2) is 30.3 Å². The highest BCUT2D eigenvalue weighted by atomic mass is 16.3. The van der Waals surface area contributed by atoms with E-state index in [9.17, 15) is 19.8 Å². The Morgan fingerprint density at radius 1 is 0.842 bits per heavy atom. The van der Waals surface area contributed by atoms with Gasteiger partial charge in [-0.1, -0.05) is 17.7 Å². The van der Waals surface area contributed by atoms with Gasteiger partial charge >= 0.3 is 0 Å². The van der Waals surface area contributed by atoms with Crippen molar-refractivity contribution in [1.82, 2.24) is 0 Å². The van der Waals surface area contributed by atoms with Crippen LogP contribution in [0.5, 0.6) is 11.5 Å². The van der Waals surface area contributed by atoms with Crippen molar-refractivity contribution in [2.24, 2.45) is 0 Å². The number of rotatable bonds is 0. The average molecular weight is 254 g/mol. The summed E-state index contributed by atoms with van der Waals surface area (Å²) in [5, 5.41) is 19.2. The number of benzene rings is 2. The van der Waals surface area contributed by atoms with Gasteiger partial charge in [0.2, 0.25) is 0 Å². The van der Waals surface area contributed by atoms with Crippen molar-refractivity contribution in [2.75, 3.05) is 0 Å². The lowest BCUT2D eigenvalue weighted by Gasteiger charge is -2.18. The highest BCUT2D eigenvalue weighted by Crippen LogP contribution is 2.35. The van der Waals surface area contributed by atoms with E-state index >= 15 is 0 Å². The topological polar surface area (TPSA) is 74.6 Å². The van der Waals surface area contributed by atoms with E-state index in [-0.39, 0.29) is 34.0 Å². The Kier molecular flexibility index (Phi) is 2.22. The van der Waals surface area contributed by atoms with E-state index < -0.39 is 5.78 Å². The van der Waals surface area contributed by atoms with Gasteiger partial charge in [0.25, 0.3) is 0 Å². The number of fused-ring (bicyclic) bond motifs is 2. The molecule has 0 atom stereocenters. The molecule has 2 aromatic carbocycles. The Balaban J connectivity index is 2.36. The minimum atomic E-state index is -0.401. The Hall–Kier alpha value is -2.62. The van der Waals surface area contributed by atoms with Crippen LogP contribution in [0.4, 0.5) is 0 Å². The van der Waals surface area contributed by atoms with Gasteiger partial charge < -0.3 is 10.2 Å². The van der Waals surface area contributed by atoms with Crippen molar-refractivity contribution < 1.29 is 19.8 Å². The molecule has 0 saturated heterocycles. The van der Waals surface area contributed by atoms with Gasteiger partial charge in [0, 0.05) is 22.8 Å². The van der Waals surface area contributed by atoms with Crippen LogP contribution in [0.2, 0.25) is 0 Å². The maximum atomic E-state index is 12.3. The first-order chi connectivity index (χ1) is 8.99. The summed E-state index contributed by atoms with van der Waals surface area (Å²) in [6, 6.07) is 7.23. The molecule has 0 spiro atoms. The number of carbonyl (C=O) groups excluding carboxylic acids is 2. The predicted molar refractivity (Wildman–Crippen MR) is 67.8 cm³/mol. The van der Waals surface area contributed by atoms with Crippen LogP contribution in [0.1, 0.15) is 37.4 Å². The first-order valence-electron chi connectivity index (χ1n) is 5.75. The summed E-state index contributed by atoms with van der Waals surface area (Å²) < 4.78 is 0.